The highest BCUT2D eigenvalue weighted by Gasteiger charge is 2.51. The predicted octanol–water partition coefficient (Wildman–Crippen LogP) is 2.00. The standard InChI is InChI=1S/C23H32N2O4.CH2O2/c1-16-3-4-18(13-17(16)2)21(27)25-11-7-23(8-12-25)14-20(29-22(23)28)15-24-9-5-19(26)6-10-24;2-1-3/h3-4,13,19-20,26H,5-12,14-15H2,1-2H3;1H,(H,2,3). The molecular weight excluding hydrogens is 412 g/mol. The first-order valence-corrected chi connectivity index (χ1v) is 11.3. The Morgan fingerprint density at radius 1 is 1.16 bits per heavy atom. The van der Waals surface area contributed by atoms with E-state index in [2.05, 4.69) is 4.90 Å². The number of ether oxygens (including phenoxy) is 1. The van der Waals surface area contributed by atoms with E-state index in [0.29, 0.717) is 25.9 Å². The number of cyclic esters (lactones) is 1. The summed E-state index contributed by atoms with van der Waals surface area (Å²) in [6.45, 7) is 7.50. The highest BCUT2D eigenvalue weighted by molar-refractivity contribution is 5.94. The summed E-state index contributed by atoms with van der Waals surface area (Å²) in [6, 6.07) is 5.84. The molecule has 0 radical (unpaired) electrons. The lowest BCUT2D eigenvalue weighted by Gasteiger charge is -2.37. The van der Waals surface area contributed by atoms with E-state index in [4.69, 9.17) is 14.6 Å². The number of hydrogen-bond donors (Lipinski definition) is 2. The number of aliphatic hydroxyl groups is 1. The third kappa shape index (κ3) is 5.48. The van der Waals surface area contributed by atoms with E-state index in [9.17, 15) is 14.7 Å². The number of esters is 1. The molecule has 3 fully saturated rings. The number of piperidine rings is 2. The van der Waals surface area contributed by atoms with Crippen LogP contribution in [-0.4, -0.2) is 83.3 Å². The molecule has 1 aromatic carbocycles. The molecule has 1 amide bonds. The van der Waals surface area contributed by atoms with Gasteiger partial charge in [0.05, 0.1) is 11.5 Å². The van der Waals surface area contributed by atoms with Gasteiger partial charge >= 0.3 is 5.97 Å². The number of aliphatic hydroxyl groups excluding tert-OH is 1. The summed E-state index contributed by atoms with van der Waals surface area (Å²) in [5, 5.41) is 16.6. The SMILES string of the molecule is Cc1ccc(C(=O)N2CCC3(CC2)CC(CN2CCC(O)CC2)OC3=O)cc1C.O=CO. The molecule has 1 atom stereocenters. The Morgan fingerprint density at radius 2 is 1.78 bits per heavy atom. The third-order valence-corrected chi connectivity index (χ3v) is 7.11. The van der Waals surface area contributed by atoms with Gasteiger partial charge in [-0.2, -0.15) is 0 Å². The van der Waals surface area contributed by atoms with Crippen molar-refractivity contribution in [1.29, 1.82) is 0 Å². The maximum atomic E-state index is 12.9. The molecule has 1 spiro atoms. The highest BCUT2D eigenvalue weighted by Crippen LogP contribution is 2.43. The number of aryl methyl sites for hydroxylation is 2. The second kappa shape index (κ2) is 10.4. The van der Waals surface area contributed by atoms with Crippen LogP contribution in [0.2, 0.25) is 0 Å². The van der Waals surface area contributed by atoms with Crippen molar-refractivity contribution in [2.24, 2.45) is 5.41 Å². The molecule has 0 saturated carbocycles. The van der Waals surface area contributed by atoms with Crippen molar-refractivity contribution in [3.05, 3.63) is 34.9 Å². The summed E-state index contributed by atoms with van der Waals surface area (Å²) < 4.78 is 5.75. The summed E-state index contributed by atoms with van der Waals surface area (Å²) in [6.07, 6.45) is 3.43. The van der Waals surface area contributed by atoms with E-state index >= 15 is 0 Å². The van der Waals surface area contributed by atoms with Gasteiger partial charge < -0.3 is 19.8 Å². The molecule has 0 aromatic heterocycles. The predicted molar refractivity (Wildman–Crippen MR) is 118 cm³/mol. The Bertz CT molecular complexity index is 826. The summed E-state index contributed by atoms with van der Waals surface area (Å²) in [5.41, 5.74) is 2.60. The van der Waals surface area contributed by atoms with Gasteiger partial charge in [0.2, 0.25) is 0 Å². The van der Waals surface area contributed by atoms with Crippen LogP contribution in [0.15, 0.2) is 18.2 Å². The minimum absolute atomic E-state index is 0.0535. The Hall–Kier alpha value is -2.45. The minimum Gasteiger partial charge on any atom is -0.483 e. The van der Waals surface area contributed by atoms with Crippen LogP contribution in [0.25, 0.3) is 0 Å². The Kier molecular flexibility index (Phi) is 7.90. The molecule has 3 aliphatic heterocycles. The summed E-state index contributed by atoms with van der Waals surface area (Å²) in [5.74, 6) is -0.0319. The smallest absolute Gasteiger partial charge is 0.312 e. The molecular formula is C24H34N2O6. The van der Waals surface area contributed by atoms with Crippen LogP contribution < -0.4 is 0 Å². The largest absolute Gasteiger partial charge is 0.483 e. The average molecular weight is 447 g/mol. The summed E-state index contributed by atoms with van der Waals surface area (Å²) in [7, 11) is 0. The van der Waals surface area contributed by atoms with Crippen LogP contribution in [0, 0.1) is 19.3 Å². The van der Waals surface area contributed by atoms with Crippen molar-refractivity contribution < 1.29 is 29.3 Å². The van der Waals surface area contributed by atoms with E-state index < -0.39 is 5.41 Å². The molecule has 0 bridgehead atoms. The van der Waals surface area contributed by atoms with Gasteiger partial charge in [-0.1, -0.05) is 6.07 Å². The number of carbonyl (C=O) groups excluding carboxylic acids is 2. The second-order valence-electron chi connectivity index (χ2n) is 9.24. The Balaban J connectivity index is 0.000000913. The molecule has 176 valence electrons. The molecule has 4 rings (SSSR count). The van der Waals surface area contributed by atoms with Crippen LogP contribution in [0.3, 0.4) is 0 Å². The molecule has 8 heteroatoms. The zero-order valence-electron chi connectivity index (χ0n) is 19.0. The van der Waals surface area contributed by atoms with Crippen LogP contribution in [0.4, 0.5) is 0 Å². The topological polar surface area (TPSA) is 107 Å². The summed E-state index contributed by atoms with van der Waals surface area (Å²) >= 11 is 0. The van der Waals surface area contributed by atoms with Crippen molar-refractivity contribution in [3.8, 4) is 0 Å². The number of amides is 1. The molecule has 1 aromatic rings. The van der Waals surface area contributed by atoms with Crippen molar-refractivity contribution >= 4 is 18.3 Å². The van der Waals surface area contributed by atoms with E-state index in [0.717, 1.165) is 50.0 Å². The van der Waals surface area contributed by atoms with E-state index in [-0.39, 0.29) is 30.6 Å². The first-order chi connectivity index (χ1) is 15.3. The lowest BCUT2D eigenvalue weighted by atomic mass is 9.76. The molecule has 2 N–H and O–H groups in total. The quantitative estimate of drug-likeness (QED) is 0.540. The number of benzene rings is 1. The fourth-order valence-corrected chi connectivity index (χ4v) is 4.93. The van der Waals surface area contributed by atoms with Crippen molar-refractivity contribution in [2.45, 2.75) is 58.2 Å². The molecule has 32 heavy (non-hydrogen) atoms. The van der Waals surface area contributed by atoms with E-state index in [1.165, 1.54) is 5.56 Å². The highest BCUT2D eigenvalue weighted by atomic mass is 16.6. The number of carboxylic acid groups (broad SMARTS) is 1. The van der Waals surface area contributed by atoms with Crippen LogP contribution in [-0.2, 0) is 14.3 Å². The van der Waals surface area contributed by atoms with Gasteiger partial charge in [-0.25, -0.2) is 0 Å². The van der Waals surface area contributed by atoms with Gasteiger partial charge in [-0.15, -0.1) is 0 Å². The van der Waals surface area contributed by atoms with Gasteiger partial charge in [0.1, 0.15) is 6.10 Å². The number of likely N-dealkylation sites (tertiary alicyclic amines) is 2. The van der Waals surface area contributed by atoms with Crippen molar-refractivity contribution in [1.82, 2.24) is 9.80 Å². The maximum absolute atomic E-state index is 12.9. The van der Waals surface area contributed by atoms with Gasteiger partial charge in [-0.05, 0) is 62.8 Å². The van der Waals surface area contributed by atoms with E-state index in [1.54, 1.807) is 0 Å². The van der Waals surface area contributed by atoms with Gasteiger partial charge in [0.15, 0.2) is 0 Å². The fraction of sp³-hybridized carbons (Fsp3) is 0.625. The minimum atomic E-state index is -0.431. The number of carbonyl (C=O) groups is 3. The molecule has 1 unspecified atom stereocenters. The zero-order chi connectivity index (χ0) is 23.3. The van der Waals surface area contributed by atoms with Gasteiger partial charge in [-0.3, -0.25) is 19.3 Å². The zero-order valence-corrected chi connectivity index (χ0v) is 19.0. The van der Waals surface area contributed by atoms with Gasteiger partial charge in [0.25, 0.3) is 12.4 Å². The van der Waals surface area contributed by atoms with Gasteiger partial charge in [0, 0.05) is 44.7 Å². The maximum Gasteiger partial charge on any atom is 0.312 e. The number of rotatable bonds is 3. The number of nitrogens with zero attached hydrogens (tertiary/aromatic N) is 2. The van der Waals surface area contributed by atoms with Crippen molar-refractivity contribution in [3.63, 3.8) is 0 Å². The van der Waals surface area contributed by atoms with Crippen LogP contribution >= 0.6 is 0 Å². The van der Waals surface area contributed by atoms with Crippen molar-refractivity contribution in [2.75, 3.05) is 32.7 Å². The summed E-state index contributed by atoms with van der Waals surface area (Å²) in [4.78, 5) is 38.1. The number of hydrogen-bond acceptors (Lipinski definition) is 6. The average Bonchev–Trinajstić information content (AvgIpc) is 3.06. The van der Waals surface area contributed by atoms with Crippen LogP contribution in [0.1, 0.15) is 53.6 Å². The molecule has 3 heterocycles. The molecule has 8 nitrogen and oxygen atoms in total. The molecule has 3 aliphatic rings. The first kappa shape index (κ1) is 24.2. The molecule has 3 saturated heterocycles. The first-order valence-electron chi connectivity index (χ1n) is 11.3. The lowest BCUT2D eigenvalue weighted by molar-refractivity contribution is -0.151. The van der Waals surface area contributed by atoms with E-state index in [1.807, 2.05) is 36.9 Å². The lowest BCUT2D eigenvalue weighted by Crippen LogP contribution is -2.45. The Morgan fingerprint density at radius 3 is 2.38 bits per heavy atom. The monoisotopic (exact) mass is 446 g/mol. The van der Waals surface area contributed by atoms with Crippen LogP contribution in [0.5, 0.6) is 0 Å². The Labute approximate surface area is 189 Å². The normalized spacial score (nSPS) is 23.4. The fourth-order valence-electron chi connectivity index (χ4n) is 4.93. The third-order valence-electron chi connectivity index (χ3n) is 7.11. The second-order valence-corrected chi connectivity index (χ2v) is 9.24. The molecule has 0 aliphatic carbocycles.